The van der Waals surface area contributed by atoms with Crippen molar-refractivity contribution >= 4 is 5.91 Å². The normalized spacial score (nSPS) is 24.3. The molecule has 0 radical (unpaired) electrons. The molecule has 1 atom stereocenters. The van der Waals surface area contributed by atoms with E-state index in [0.717, 1.165) is 32.7 Å². The summed E-state index contributed by atoms with van der Waals surface area (Å²) in [5.41, 5.74) is 0. The molecule has 1 amide bonds. The molecule has 0 bridgehead atoms. The molecule has 1 fully saturated rings. The third-order valence-corrected chi connectivity index (χ3v) is 2.25. The third kappa shape index (κ3) is 4.24. The minimum Gasteiger partial charge on any atom is -0.355 e. The van der Waals surface area contributed by atoms with Crippen molar-refractivity contribution in [2.75, 3.05) is 32.7 Å². The van der Waals surface area contributed by atoms with Crippen LogP contribution < -0.4 is 10.6 Å². The van der Waals surface area contributed by atoms with Gasteiger partial charge in [0, 0.05) is 45.7 Å². The fourth-order valence-electron chi connectivity index (χ4n) is 1.61. The van der Waals surface area contributed by atoms with Crippen LogP contribution in [0.5, 0.6) is 0 Å². The molecular weight excluding hydrogens is 166 g/mol. The van der Waals surface area contributed by atoms with Crippen molar-refractivity contribution in [1.82, 2.24) is 15.5 Å². The number of carbonyl (C=O) groups excluding carboxylic acids is 1. The minimum absolute atomic E-state index is 0.0585. The number of nitrogens with one attached hydrogen (secondary N) is 2. The Bertz CT molecular complexity index is 172. The predicted molar refractivity (Wildman–Crippen MR) is 52.6 cm³/mol. The summed E-state index contributed by atoms with van der Waals surface area (Å²) in [6, 6.07) is 0.575. The predicted octanol–water partition coefficient (Wildman–Crippen LogP) is -0.584. The van der Waals surface area contributed by atoms with Crippen molar-refractivity contribution in [2.45, 2.75) is 19.9 Å². The Hall–Kier alpha value is -0.610. The van der Waals surface area contributed by atoms with Crippen LogP contribution in [0.15, 0.2) is 0 Å². The van der Waals surface area contributed by atoms with Gasteiger partial charge < -0.3 is 10.6 Å². The highest BCUT2D eigenvalue weighted by atomic mass is 16.1. The van der Waals surface area contributed by atoms with E-state index >= 15 is 0 Å². The van der Waals surface area contributed by atoms with Gasteiger partial charge in [-0.15, -0.1) is 0 Å². The van der Waals surface area contributed by atoms with E-state index in [9.17, 15) is 4.79 Å². The van der Waals surface area contributed by atoms with Gasteiger partial charge in [0.05, 0.1) is 0 Å². The number of hydrogen-bond donors (Lipinski definition) is 2. The Kier molecular flexibility index (Phi) is 4.18. The van der Waals surface area contributed by atoms with Gasteiger partial charge >= 0.3 is 0 Å². The van der Waals surface area contributed by atoms with E-state index in [2.05, 4.69) is 22.5 Å². The van der Waals surface area contributed by atoms with Gasteiger partial charge in [0.15, 0.2) is 0 Å². The Balaban J connectivity index is 2.10. The Morgan fingerprint density at radius 1 is 1.69 bits per heavy atom. The van der Waals surface area contributed by atoms with Crippen LogP contribution in [0.2, 0.25) is 0 Å². The molecule has 2 N–H and O–H groups in total. The van der Waals surface area contributed by atoms with E-state index in [-0.39, 0.29) is 5.91 Å². The third-order valence-electron chi connectivity index (χ3n) is 2.25. The highest BCUT2D eigenvalue weighted by Crippen LogP contribution is 1.96. The molecule has 1 rings (SSSR count). The monoisotopic (exact) mass is 185 g/mol. The first-order valence-electron chi connectivity index (χ1n) is 4.88. The molecule has 1 heterocycles. The number of piperazine rings is 1. The zero-order chi connectivity index (χ0) is 9.68. The summed E-state index contributed by atoms with van der Waals surface area (Å²) in [4.78, 5) is 13.0. The molecule has 76 valence electrons. The van der Waals surface area contributed by atoms with Crippen molar-refractivity contribution in [3.05, 3.63) is 0 Å². The molecule has 0 spiro atoms. The van der Waals surface area contributed by atoms with Gasteiger partial charge in [-0.05, 0) is 6.92 Å². The lowest BCUT2D eigenvalue weighted by atomic mass is 10.2. The van der Waals surface area contributed by atoms with Gasteiger partial charge in [-0.1, -0.05) is 0 Å². The summed E-state index contributed by atoms with van der Waals surface area (Å²) in [6.07, 6.45) is 0. The topological polar surface area (TPSA) is 44.4 Å². The Labute approximate surface area is 79.7 Å². The quantitative estimate of drug-likeness (QED) is 0.618. The number of rotatable bonds is 3. The standard InChI is InChI=1S/C9H19N3O/c1-8-7-12(5-3-10-8)6-4-11-9(2)13/h8,10H,3-7H2,1-2H3,(H,11,13). The average molecular weight is 185 g/mol. The van der Waals surface area contributed by atoms with Crippen LogP contribution >= 0.6 is 0 Å². The first-order chi connectivity index (χ1) is 6.18. The molecule has 0 aromatic heterocycles. The lowest BCUT2D eigenvalue weighted by Gasteiger charge is -2.31. The number of nitrogens with zero attached hydrogens (tertiary/aromatic N) is 1. The maximum Gasteiger partial charge on any atom is 0.216 e. The fraction of sp³-hybridized carbons (Fsp3) is 0.889. The molecule has 13 heavy (non-hydrogen) atoms. The summed E-state index contributed by atoms with van der Waals surface area (Å²) in [6.45, 7) is 8.70. The van der Waals surface area contributed by atoms with Crippen LogP contribution in [0.4, 0.5) is 0 Å². The van der Waals surface area contributed by atoms with Gasteiger partial charge in [-0.2, -0.15) is 0 Å². The van der Waals surface area contributed by atoms with Crippen LogP contribution in [0.25, 0.3) is 0 Å². The van der Waals surface area contributed by atoms with Crippen molar-refractivity contribution in [2.24, 2.45) is 0 Å². The summed E-state index contributed by atoms with van der Waals surface area (Å²) in [7, 11) is 0. The largest absolute Gasteiger partial charge is 0.355 e. The fourth-order valence-corrected chi connectivity index (χ4v) is 1.61. The van der Waals surface area contributed by atoms with Crippen molar-refractivity contribution < 1.29 is 4.79 Å². The molecule has 0 saturated carbocycles. The average Bonchev–Trinajstić information content (AvgIpc) is 2.03. The van der Waals surface area contributed by atoms with Crippen molar-refractivity contribution in [3.8, 4) is 0 Å². The van der Waals surface area contributed by atoms with Gasteiger partial charge in [0.2, 0.25) is 5.91 Å². The van der Waals surface area contributed by atoms with Crippen LogP contribution in [0, 0.1) is 0 Å². The van der Waals surface area contributed by atoms with Crippen molar-refractivity contribution in [1.29, 1.82) is 0 Å². The summed E-state index contributed by atoms with van der Waals surface area (Å²) < 4.78 is 0. The molecule has 4 heteroatoms. The van der Waals surface area contributed by atoms with Gasteiger partial charge in [-0.3, -0.25) is 9.69 Å². The highest BCUT2D eigenvalue weighted by molar-refractivity contribution is 5.72. The Morgan fingerprint density at radius 2 is 2.46 bits per heavy atom. The van der Waals surface area contributed by atoms with Crippen LogP contribution in [-0.4, -0.2) is 49.6 Å². The van der Waals surface area contributed by atoms with Gasteiger partial charge in [0.1, 0.15) is 0 Å². The highest BCUT2D eigenvalue weighted by Gasteiger charge is 2.14. The van der Waals surface area contributed by atoms with E-state index in [1.807, 2.05) is 0 Å². The second kappa shape index (κ2) is 5.19. The molecule has 1 aliphatic heterocycles. The van der Waals surface area contributed by atoms with Crippen LogP contribution in [0.1, 0.15) is 13.8 Å². The van der Waals surface area contributed by atoms with Gasteiger partial charge in [0.25, 0.3) is 0 Å². The maximum absolute atomic E-state index is 10.6. The molecule has 1 aliphatic rings. The van der Waals surface area contributed by atoms with E-state index < -0.39 is 0 Å². The van der Waals surface area contributed by atoms with E-state index in [1.54, 1.807) is 6.92 Å². The zero-order valence-corrected chi connectivity index (χ0v) is 8.47. The van der Waals surface area contributed by atoms with Crippen LogP contribution in [0.3, 0.4) is 0 Å². The van der Waals surface area contributed by atoms with E-state index in [1.165, 1.54) is 0 Å². The minimum atomic E-state index is 0.0585. The van der Waals surface area contributed by atoms with Crippen molar-refractivity contribution in [3.63, 3.8) is 0 Å². The lowest BCUT2D eigenvalue weighted by Crippen LogP contribution is -2.50. The maximum atomic E-state index is 10.6. The molecular formula is C9H19N3O. The first kappa shape index (κ1) is 10.5. The molecule has 0 aromatic carbocycles. The number of carbonyl (C=O) groups is 1. The smallest absolute Gasteiger partial charge is 0.216 e. The summed E-state index contributed by atoms with van der Waals surface area (Å²) in [5, 5.41) is 6.19. The lowest BCUT2D eigenvalue weighted by molar-refractivity contribution is -0.119. The number of hydrogen-bond acceptors (Lipinski definition) is 3. The summed E-state index contributed by atoms with van der Waals surface area (Å²) in [5.74, 6) is 0.0585. The second-order valence-electron chi connectivity index (χ2n) is 3.64. The zero-order valence-electron chi connectivity index (χ0n) is 8.47. The number of amides is 1. The first-order valence-corrected chi connectivity index (χ1v) is 4.88. The summed E-state index contributed by atoms with van der Waals surface area (Å²) >= 11 is 0. The van der Waals surface area contributed by atoms with E-state index in [4.69, 9.17) is 0 Å². The Morgan fingerprint density at radius 3 is 3.08 bits per heavy atom. The van der Waals surface area contributed by atoms with Crippen LogP contribution in [-0.2, 0) is 4.79 Å². The molecule has 1 unspecified atom stereocenters. The molecule has 4 nitrogen and oxygen atoms in total. The van der Waals surface area contributed by atoms with Gasteiger partial charge in [-0.25, -0.2) is 0 Å². The molecule has 1 saturated heterocycles. The molecule has 0 aromatic rings. The SMILES string of the molecule is CC(=O)NCCN1CCNC(C)C1. The second-order valence-corrected chi connectivity index (χ2v) is 3.64. The molecule has 0 aliphatic carbocycles. The van der Waals surface area contributed by atoms with E-state index in [0.29, 0.717) is 6.04 Å².